The number of alkyl halides is 3. The number of amidine groups is 1. The third-order valence-corrected chi connectivity index (χ3v) is 4.49. The molecule has 8 nitrogen and oxygen atoms in total. The van der Waals surface area contributed by atoms with Crippen LogP contribution in [0.15, 0.2) is 44.1 Å². The molecule has 2 aliphatic heterocycles. The quantitative estimate of drug-likeness (QED) is 0.605. The molecule has 3 rings (SSSR count). The second-order valence-electron chi connectivity index (χ2n) is 5.20. The van der Waals surface area contributed by atoms with Gasteiger partial charge < -0.3 is 14.3 Å². The van der Waals surface area contributed by atoms with Crippen molar-refractivity contribution in [2.24, 2.45) is 10.1 Å². The number of carbonyl (C=O) groups excluding carboxylic acids is 2. The summed E-state index contributed by atoms with van der Waals surface area (Å²) in [5.74, 6) is -1.81. The summed E-state index contributed by atoms with van der Waals surface area (Å²) in [6.45, 7) is 0. The lowest BCUT2D eigenvalue weighted by atomic mass is 10.0. The first-order valence-corrected chi connectivity index (χ1v) is 7.77. The Morgan fingerprint density at radius 2 is 2.27 bits per heavy atom. The number of hydrogen-bond donors (Lipinski definition) is 1. The zero-order chi connectivity index (χ0) is 19.1. The van der Waals surface area contributed by atoms with Gasteiger partial charge in [0.15, 0.2) is 5.17 Å². The number of methoxy groups -OCH3 is 1. The molecule has 0 aliphatic carbocycles. The van der Waals surface area contributed by atoms with Crippen LogP contribution in [0.1, 0.15) is 12.0 Å². The molecule has 3 heterocycles. The third kappa shape index (κ3) is 3.01. The van der Waals surface area contributed by atoms with Gasteiger partial charge in [-0.3, -0.25) is 4.79 Å². The van der Waals surface area contributed by atoms with Crippen molar-refractivity contribution in [1.82, 2.24) is 5.01 Å². The van der Waals surface area contributed by atoms with Crippen LogP contribution in [0.5, 0.6) is 0 Å². The Labute approximate surface area is 148 Å². The van der Waals surface area contributed by atoms with Crippen LogP contribution in [-0.2, 0) is 14.3 Å². The monoisotopic (exact) mass is 389 g/mol. The van der Waals surface area contributed by atoms with Crippen molar-refractivity contribution >= 4 is 34.5 Å². The fourth-order valence-electron chi connectivity index (χ4n) is 2.21. The van der Waals surface area contributed by atoms with Gasteiger partial charge in [-0.25, -0.2) is 4.79 Å². The van der Waals surface area contributed by atoms with Crippen molar-refractivity contribution in [2.75, 3.05) is 7.11 Å². The van der Waals surface area contributed by atoms with Gasteiger partial charge in [0.2, 0.25) is 0 Å². The van der Waals surface area contributed by atoms with Crippen LogP contribution in [-0.4, -0.2) is 51.9 Å². The molecule has 1 N–H and O–H groups in total. The highest BCUT2D eigenvalue weighted by Crippen LogP contribution is 2.44. The lowest BCUT2D eigenvalue weighted by Crippen LogP contribution is -2.56. The first-order valence-electron chi connectivity index (χ1n) is 6.95. The Morgan fingerprint density at radius 1 is 1.54 bits per heavy atom. The summed E-state index contributed by atoms with van der Waals surface area (Å²) < 4.78 is 49.7. The molecule has 0 saturated heterocycles. The molecule has 1 unspecified atom stereocenters. The number of hydrogen-bond acceptors (Lipinski definition) is 8. The van der Waals surface area contributed by atoms with E-state index in [9.17, 15) is 27.9 Å². The highest BCUT2D eigenvalue weighted by Gasteiger charge is 2.63. The molecule has 12 heteroatoms. The van der Waals surface area contributed by atoms with Gasteiger partial charge in [-0.15, -0.1) is 0 Å². The molecular weight excluding hydrogens is 379 g/mol. The van der Waals surface area contributed by atoms with Crippen molar-refractivity contribution in [3.63, 3.8) is 0 Å². The van der Waals surface area contributed by atoms with Crippen LogP contribution in [0, 0.1) is 0 Å². The summed E-state index contributed by atoms with van der Waals surface area (Å²) in [7, 11) is 1.08. The standard InChI is InChI=1S/C14H10F3N3O5S/c1-24-10(21)4-9-11(22)18-12(26-9)20-13(23,14(15,16)17)5-8(19-20)7-2-3-25-6-7/h2-4,6,23H,5H2,1H3. The minimum absolute atomic E-state index is 0.0975. The molecule has 138 valence electrons. The number of ether oxygens (including phenoxy) is 1. The SMILES string of the molecule is COC(=O)C=C1SC(N2N=C(c3ccoc3)CC2(O)C(F)(F)F)=NC1=O. The van der Waals surface area contributed by atoms with Crippen LogP contribution < -0.4 is 0 Å². The lowest BCUT2D eigenvalue weighted by Gasteiger charge is -2.33. The maximum absolute atomic E-state index is 13.5. The molecule has 0 spiro atoms. The van der Waals surface area contributed by atoms with E-state index in [1.807, 2.05) is 0 Å². The number of carbonyl (C=O) groups is 2. The minimum Gasteiger partial charge on any atom is -0.472 e. The van der Waals surface area contributed by atoms with E-state index in [4.69, 9.17) is 4.42 Å². The van der Waals surface area contributed by atoms with E-state index in [1.54, 1.807) is 0 Å². The second-order valence-corrected chi connectivity index (χ2v) is 6.20. The van der Waals surface area contributed by atoms with Crippen LogP contribution >= 0.6 is 11.8 Å². The highest BCUT2D eigenvalue weighted by molar-refractivity contribution is 8.18. The molecule has 0 saturated carbocycles. The van der Waals surface area contributed by atoms with E-state index in [0.717, 1.165) is 13.2 Å². The number of amides is 1. The van der Waals surface area contributed by atoms with E-state index >= 15 is 0 Å². The van der Waals surface area contributed by atoms with E-state index in [-0.39, 0.29) is 21.2 Å². The largest absolute Gasteiger partial charge is 0.472 e. The zero-order valence-electron chi connectivity index (χ0n) is 13.0. The Kier molecular flexibility index (Phi) is 4.40. The first-order chi connectivity index (χ1) is 12.2. The summed E-state index contributed by atoms with van der Waals surface area (Å²) >= 11 is 0.474. The predicted molar refractivity (Wildman–Crippen MR) is 82.8 cm³/mol. The van der Waals surface area contributed by atoms with Crippen molar-refractivity contribution in [3.05, 3.63) is 35.1 Å². The van der Waals surface area contributed by atoms with Crippen LogP contribution in [0.2, 0.25) is 0 Å². The number of rotatable bonds is 2. The molecule has 26 heavy (non-hydrogen) atoms. The average Bonchev–Trinajstić information content (AvgIpc) is 3.26. The van der Waals surface area contributed by atoms with Crippen molar-refractivity contribution in [2.45, 2.75) is 18.3 Å². The molecule has 0 radical (unpaired) electrons. The summed E-state index contributed by atoms with van der Waals surface area (Å²) in [6.07, 6.45) is -2.76. The normalized spacial score (nSPS) is 24.9. The molecule has 0 aromatic carbocycles. The number of nitrogens with zero attached hydrogens (tertiary/aromatic N) is 3. The molecule has 1 amide bonds. The Balaban J connectivity index is 1.98. The molecule has 0 fully saturated rings. The van der Waals surface area contributed by atoms with Gasteiger partial charge in [-0.05, 0) is 17.8 Å². The van der Waals surface area contributed by atoms with E-state index in [2.05, 4.69) is 14.8 Å². The van der Waals surface area contributed by atoms with Gasteiger partial charge >= 0.3 is 12.1 Å². The van der Waals surface area contributed by atoms with E-state index < -0.39 is 35.4 Å². The van der Waals surface area contributed by atoms with Crippen molar-refractivity contribution in [3.8, 4) is 0 Å². The maximum atomic E-state index is 13.5. The van der Waals surface area contributed by atoms with Crippen LogP contribution in [0.4, 0.5) is 13.2 Å². The number of thioether (sulfide) groups is 1. The topological polar surface area (TPSA) is 105 Å². The van der Waals surface area contributed by atoms with Crippen molar-refractivity contribution in [1.29, 1.82) is 0 Å². The second kappa shape index (κ2) is 6.29. The summed E-state index contributed by atoms with van der Waals surface area (Å²) in [6, 6.07) is 1.39. The summed E-state index contributed by atoms with van der Waals surface area (Å²) in [5, 5.41) is 13.8. The summed E-state index contributed by atoms with van der Waals surface area (Å²) in [5.41, 5.74) is -3.25. The fourth-order valence-corrected chi connectivity index (χ4v) is 3.10. The first kappa shape index (κ1) is 18.2. The van der Waals surface area contributed by atoms with Crippen molar-refractivity contribution < 1.29 is 37.0 Å². The predicted octanol–water partition coefficient (Wildman–Crippen LogP) is 1.63. The molecule has 1 aromatic heterocycles. The van der Waals surface area contributed by atoms with E-state index in [0.29, 0.717) is 11.8 Å². The van der Waals surface area contributed by atoms with Gasteiger partial charge in [-0.1, -0.05) is 0 Å². The molecule has 1 atom stereocenters. The number of hydrazone groups is 1. The summed E-state index contributed by atoms with van der Waals surface area (Å²) in [4.78, 5) is 26.3. The highest BCUT2D eigenvalue weighted by atomic mass is 32.2. The van der Waals surface area contributed by atoms with Gasteiger partial charge in [0.25, 0.3) is 11.6 Å². The lowest BCUT2D eigenvalue weighted by molar-refractivity contribution is -0.294. The maximum Gasteiger partial charge on any atom is 0.438 e. The number of furan rings is 1. The minimum atomic E-state index is -5.09. The molecular formula is C14H10F3N3O5S. The van der Waals surface area contributed by atoms with Gasteiger partial charge in [0.05, 0.1) is 36.7 Å². The molecule has 1 aromatic rings. The number of esters is 1. The van der Waals surface area contributed by atoms with Gasteiger partial charge in [0.1, 0.15) is 0 Å². The average molecular weight is 389 g/mol. The Bertz CT molecular complexity index is 847. The van der Waals surface area contributed by atoms with Crippen LogP contribution in [0.25, 0.3) is 0 Å². The Hall–Kier alpha value is -2.60. The van der Waals surface area contributed by atoms with Gasteiger partial charge in [0, 0.05) is 11.6 Å². The Morgan fingerprint density at radius 3 is 2.85 bits per heavy atom. The number of halogens is 3. The van der Waals surface area contributed by atoms with E-state index in [1.165, 1.54) is 18.6 Å². The molecule has 2 aliphatic rings. The third-order valence-electron chi connectivity index (χ3n) is 3.53. The van der Waals surface area contributed by atoms with Crippen LogP contribution in [0.3, 0.4) is 0 Å². The van der Waals surface area contributed by atoms with Gasteiger partial charge in [-0.2, -0.15) is 28.3 Å². The zero-order valence-corrected chi connectivity index (χ0v) is 13.8. The molecule has 0 bridgehead atoms. The smallest absolute Gasteiger partial charge is 0.438 e. The number of aliphatic hydroxyl groups is 1. The fraction of sp³-hybridized carbons (Fsp3) is 0.286. The number of aliphatic imine (C=N–C) groups is 1.